The van der Waals surface area contributed by atoms with Crippen molar-refractivity contribution in [1.29, 1.82) is 0 Å². The van der Waals surface area contributed by atoms with Gasteiger partial charge in [-0.05, 0) is 48.5 Å². The minimum atomic E-state index is -0.342. The number of benzene rings is 2. The average molecular weight is 325 g/mol. The van der Waals surface area contributed by atoms with Crippen LogP contribution in [0, 0.1) is 11.3 Å². The molecule has 1 N–H and O–H groups in total. The zero-order valence-electron chi connectivity index (χ0n) is 14.8. The van der Waals surface area contributed by atoms with Crippen LogP contribution >= 0.6 is 0 Å². The van der Waals surface area contributed by atoms with Crippen LogP contribution in [0.25, 0.3) is 10.8 Å². The zero-order chi connectivity index (χ0) is 17.2. The lowest BCUT2D eigenvalue weighted by Crippen LogP contribution is -2.31. The highest BCUT2D eigenvalue weighted by Crippen LogP contribution is 2.38. The number of hydrogen-bond acceptors (Lipinski definition) is 2. The molecule has 0 bridgehead atoms. The third-order valence-corrected chi connectivity index (χ3v) is 5.20. The predicted molar refractivity (Wildman–Crippen MR) is 99.3 cm³/mol. The maximum absolute atomic E-state index is 12.3. The van der Waals surface area contributed by atoms with Crippen molar-refractivity contribution in [2.45, 2.75) is 52.6 Å². The van der Waals surface area contributed by atoms with Crippen LogP contribution in [0.5, 0.6) is 0 Å². The van der Waals surface area contributed by atoms with Crippen LogP contribution in [0.15, 0.2) is 42.5 Å². The highest BCUT2D eigenvalue weighted by atomic mass is 16.6. The molecule has 3 rings (SSSR count). The van der Waals surface area contributed by atoms with Gasteiger partial charge in [0.1, 0.15) is 6.10 Å². The fourth-order valence-corrected chi connectivity index (χ4v) is 3.67. The van der Waals surface area contributed by atoms with E-state index in [9.17, 15) is 4.79 Å². The highest BCUT2D eigenvalue weighted by molar-refractivity contribution is 6.00. The second-order valence-corrected chi connectivity index (χ2v) is 7.90. The van der Waals surface area contributed by atoms with Crippen molar-refractivity contribution in [3.05, 3.63) is 42.5 Å². The summed E-state index contributed by atoms with van der Waals surface area (Å²) in [5, 5.41) is 5.06. The molecule has 1 amide bonds. The van der Waals surface area contributed by atoms with Gasteiger partial charge in [0.15, 0.2) is 0 Å². The van der Waals surface area contributed by atoms with Gasteiger partial charge in [-0.15, -0.1) is 0 Å². The van der Waals surface area contributed by atoms with Gasteiger partial charge in [0.05, 0.1) is 5.69 Å². The van der Waals surface area contributed by atoms with E-state index in [2.05, 4.69) is 26.1 Å². The van der Waals surface area contributed by atoms with Gasteiger partial charge in [-0.2, -0.15) is 0 Å². The molecule has 1 fully saturated rings. The lowest BCUT2D eigenvalue weighted by Gasteiger charge is -2.36. The van der Waals surface area contributed by atoms with Crippen LogP contribution in [0.1, 0.15) is 46.5 Å². The molecule has 3 heteroatoms. The maximum atomic E-state index is 12.3. The normalized spacial score (nSPS) is 21.5. The van der Waals surface area contributed by atoms with Gasteiger partial charge in [-0.1, -0.05) is 57.2 Å². The Morgan fingerprint density at radius 3 is 2.38 bits per heavy atom. The average Bonchev–Trinajstić information content (AvgIpc) is 2.55. The van der Waals surface area contributed by atoms with Crippen LogP contribution < -0.4 is 5.32 Å². The van der Waals surface area contributed by atoms with E-state index in [1.54, 1.807) is 0 Å². The Kier molecular flexibility index (Phi) is 4.79. The van der Waals surface area contributed by atoms with Gasteiger partial charge in [0, 0.05) is 5.39 Å². The topological polar surface area (TPSA) is 38.3 Å². The van der Waals surface area contributed by atoms with E-state index in [4.69, 9.17) is 4.74 Å². The molecule has 0 spiro atoms. The Labute approximate surface area is 144 Å². The fraction of sp³-hybridized carbons (Fsp3) is 0.476. The van der Waals surface area contributed by atoms with Crippen molar-refractivity contribution in [2.75, 3.05) is 5.32 Å². The third kappa shape index (κ3) is 3.89. The molecule has 3 nitrogen and oxygen atoms in total. The first-order valence-corrected chi connectivity index (χ1v) is 8.89. The summed E-state index contributed by atoms with van der Waals surface area (Å²) in [5.41, 5.74) is 1.15. The lowest BCUT2D eigenvalue weighted by molar-refractivity contribution is 0.0528. The minimum absolute atomic E-state index is 0.0403. The summed E-state index contributed by atoms with van der Waals surface area (Å²) in [5.74, 6) is 0.721. The number of anilines is 1. The number of ether oxygens (including phenoxy) is 1. The number of rotatable bonds is 2. The monoisotopic (exact) mass is 325 g/mol. The number of amides is 1. The third-order valence-electron chi connectivity index (χ3n) is 5.20. The van der Waals surface area contributed by atoms with E-state index in [1.165, 1.54) is 0 Å². The quantitative estimate of drug-likeness (QED) is 0.736. The van der Waals surface area contributed by atoms with E-state index in [0.717, 1.165) is 48.1 Å². The van der Waals surface area contributed by atoms with Crippen LogP contribution in [0.2, 0.25) is 0 Å². The molecule has 2 aromatic carbocycles. The van der Waals surface area contributed by atoms with Crippen LogP contribution in [-0.4, -0.2) is 12.2 Å². The maximum Gasteiger partial charge on any atom is 0.411 e. The van der Waals surface area contributed by atoms with Crippen LogP contribution in [-0.2, 0) is 4.74 Å². The van der Waals surface area contributed by atoms with Gasteiger partial charge in [-0.3, -0.25) is 5.32 Å². The Balaban J connectivity index is 1.58. The molecule has 24 heavy (non-hydrogen) atoms. The van der Waals surface area contributed by atoms with Crippen molar-refractivity contribution >= 4 is 22.6 Å². The molecule has 2 aromatic rings. The number of carbonyl (C=O) groups excluding carboxylic acids is 1. The smallest absolute Gasteiger partial charge is 0.411 e. The molecule has 0 aliphatic heterocycles. The van der Waals surface area contributed by atoms with E-state index >= 15 is 0 Å². The first kappa shape index (κ1) is 16.8. The van der Waals surface area contributed by atoms with Gasteiger partial charge in [0.2, 0.25) is 0 Å². The SMILES string of the molecule is CC(C)(C)C1CCC(OC(=O)Nc2cccc3ccccc23)CC1. The predicted octanol–water partition coefficient (Wildman–Crippen LogP) is 5.99. The summed E-state index contributed by atoms with van der Waals surface area (Å²) in [6.07, 6.45) is 3.89. The molecular formula is C21H27NO2. The summed E-state index contributed by atoms with van der Waals surface area (Å²) in [6, 6.07) is 13.9. The van der Waals surface area contributed by atoms with Gasteiger partial charge in [-0.25, -0.2) is 4.79 Å². The molecule has 1 saturated carbocycles. The van der Waals surface area contributed by atoms with E-state index in [0.29, 0.717) is 5.41 Å². The van der Waals surface area contributed by atoms with Crippen molar-refractivity contribution in [1.82, 2.24) is 0 Å². The van der Waals surface area contributed by atoms with Crippen LogP contribution in [0.4, 0.5) is 10.5 Å². The number of nitrogens with one attached hydrogen (secondary N) is 1. The lowest BCUT2D eigenvalue weighted by atomic mass is 9.72. The molecule has 0 heterocycles. The summed E-state index contributed by atoms with van der Waals surface area (Å²) >= 11 is 0. The van der Waals surface area contributed by atoms with Gasteiger partial charge >= 0.3 is 6.09 Å². The number of fused-ring (bicyclic) bond motifs is 1. The molecular weight excluding hydrogens is 298 g/mol. The molecule has 0 aromatic heterocycles. The van der Waals surface area contributed by atoms with E-state index < -0.39 is 0 Å². The number of hydrogen-bond donors (Lipinski definition) is 1. The molecule has 0 atom stereocenters. The Hall–Kier alpha value is -2.03. The van der Waals surface area contributed by atoms with Crippen molar-refractivity contribution in [3.63, 3.8) is 0 Å². The molecule has 0 saturated heterocycles. The van der Waals surface area contributed by atoms with Crippen LogP contribution in [0.3, 0.4) is 0 Å². The molecule has 1 aliphatic rings. The van der Waals surface area contributed by atoms with Crippen molar-refractivity contribution in [3.8, 4) is 0 Å². The number of carbonyl (C=O) groups is 1. The molecule has 1 aliphatic carbocycles. The first-order chi connectivity index (χ1) is 11.4. The van der Waals surface area contributed by atoms with E-state index in [-0.39, 0.29) is 12.2 Å². The first-order valence-electron chi connectivity index (χ1n) is 8.89. The standard InChI is InChI=1S/C21H27NO2/c1-21(2,3)16-11-13-17(14-12-16)24-20(23)22-19-10-6-8-15-7-4-5-9-18(15)19/h4-10,16-17H,11-14H2,1-3H3,(H,22,23). The second-order valence-electron chi connectivity index (χ2n) is 7.90. The Bertz CT molecular complexity index is 704. The molecule has 128 valence electrons. The Morgan fingerprint density at radius 1 is 1.00 bits per heavy atom. The van der Waals surface area contributed by atoms with Crippen molar-refractivity contribution in [2.24, 2.45) is 11.3 Å². The second kappa shape index (κ2) is 6.84. The summed E-state index contributed by atoms with van der Waals surface area (Å²) in [4.78, 5) is 12.3. The summed E-state index contributed by atoms with van der Waals surface area (Å²) < 4.78 is 5.66. The molecule has 0 unspecified atom stereocenters. The highest BCUT2D eigenvalue weighted by Gasteiger charge is 2.31. The summed E-state index contributed by atoms with van der Waals surface area (Å²) in [7, 11) is 0. The largest absolute Gasteiger partial charge is 0.446 e. The van der Waals surface area contributed by atoms with Gasteiger partial charge in [0.25, 0.3) is 0 Å². The van der Waals surface area contributed by atoms with E-state index in [1.807, 2.05) is 42.5 Å². The minimum Gasteiger partial charge on any atom is -0.446 e. The van der Waals surface area contributed by atoms with Gasteiger partial charge < -0.3 is 4.74 Å². The fourth-order valence-electron chi connectivity index (χ4n) is 3.67. The zero-order valence-corrected chi connectivity index (χ0v) is 14.8. The Morgan fingerprint density at radius 2 is 1.67 bits per heavy atom. The van der Waals surface area contributed by atoms with Crippen molar-refractivity contribution < 1.29 is 9.53 Å². The summed E-state index contributed by atoms with van der Waals surface area (Å²) in [6.45, 7) is 6.89. The molecule has 0 radical (unpaired) electrons.